The number of thioether (sulfide) groups is 1. The molecule has 2 N–H and O–H groups in total. The van der Waals surface area contributed by atoms with Crippen LogP contribution in [0.3, 0.4) is 0 Å². The lowest BCUT2D eigenvalue weighted by Gasteiger charge is -2.11. The minimum absolute atomic E-state index is 0.197. The van der Waals surface area contributed by atoms with Gasteiger partial charge in [-0.05, 0) is 31.4 Å². The number of benzene rings is 1. The van der Waals surface area contributed by atoms with Crippen LogP contribution < -0.4 is 4.74 Å². The zero-order valence-electron chi connectivity index (χ0n) is 10.2. The molecule has 1 aromatic carbocycles. The minimum Gasteiger partial charge on any atom is -0.497 e. The van der Waals surface area contributed by atoms with E-state index in [1.807, 2.05) is 18.2 Å². The maximum atomic E-state index is 9.82. The lowest BCUT2D eigenvalue weighted by molar-refractivity contribution is 0.188. The van der Waals surface area contributed by atoms with Crippen LogP contribution in [0.4, 0.5) is 0 Å². The molecule has 1 aromatic heterocycles. The van der Waals surface area contributed by atoms with Crippen molar-refractivity contribution < 1.29 is 9.84 Å². The highest BCUT2D eigenvalue weighted by Crippen LogP contribution is 2.34. The lowest BCUT2D eigenvalue weighted by atomic mass is 10.3. The molecule has 18 heavy (non-hydrogen) atoms. The molecule has 0 bridgehead atoms. The van der Waals surface area contributed by atoms with Crippen LogP contribution in [0.1, 0.15) is 19.3 Å². The van der Waals surface area contributed by atoms with Gasteiger partial charge in [0.15, 0.2) is 5.16 Å². The molecule has 1 aliphatic carbocycles. The summed E-state index contributed by atoms with van der Waals surface area (Å²) in [6.45, 7) is 0. The molecule has 2 atom stereocenters. The summed E-state index contributed by atoms with van der Waals surface area (Å²) in [4.78, 5) is 7.81. The highest BCUT2D eigenvalue weighted by Gasteiger charge is 2.27. The fourth-order valence-corrected chi connectivity index (χ4v) is 3.52. The predicted octanol–water partition coefficient (Wildman–Crippen LogP) is 2.58. The first-order valence-electron chi connectivity index (χ1n) is 6.15. The van der Waals surface area contributed by atoms with E-state index in [0.717, 1.165) is 41.2 Å². The second-order valence-corrected chi connectivity index (χ2v) is 5.81. The Labute approximate surface area is 110 Å². The average Bonchev–Trinajstić information content (AvgIpc) is 2.95. The van der Waals surface area contributed by atoms with Crippen LogP contribution in [-0.4, -0.2) is 33.5 Å². The van der Waals surface area contributed by atoms with E-state index in [9.17, 15) is 5.11 Å². The number of nitrogens with one attached hydrogen (secondary N) is 1. The smallest absolute Gasteiger partial charge is 0.166 e. The van der Waals surface area contributed by atoms with Gasteiger partial charge in [0.25, 0.3) is 0 Å². The summed E-state index contributed by atoms with van der Waals surface area (Å²) in [5.74, 6) is 0.823. The second kappa shape index (κ2) is 4.82. The summed E-state index contributed by atoms with van der Waals surface area (Å²) < 4.78 is 5.19. The van der Waals surface area contributed by atoms with Crippen molar-refractivity contribution in [3.05, 3.63) is 18.2 Å². The summed E-state index contributed by atoms with van der Waals surface area (Å²) in [5.41, 5.74) is 1.91. The number of methoxy groups -OCH3 is 1. The van der Waals surface area contributed by atoms with Gasteiger partial charge < -0.3 is 14.8 Å². The zero-order chi connectivity index (χ0) is 12.5. The SMILES string of the molecule is COc1ccc2nc(S[C@H]3CCC[C@@H]3O)[nH]c2c1. The highest BCUT2D eigenvalue weighted by molar-refractivity contribution is 7.99. The summed E-state index contributed by atoms with van der Waals surface area (Å²) in [6, 6.07) is 5.79. The maximum absolute atomic E-state index is 9.82. The van der Waals surface area contributed by atoms with Crippen molar-refractivity contribution >= 4 is 22.8 Å². The number of fused-ring (bicyclic) bond motifs is 1. The number of nitrogens with zero attached hydrogens (tertiary/aromatic N) is 1. The number of rotatable bonds is 3. The Kier molecular flexibility index (Phi) is 3.18. The maximum Gasteiger partial charge on any atom is 0.166 e. The first kappa shape index (κ1) is 11.9. The standard InChI is InChI=1S/C13H16N2O2S/c1-17-8-5-6-9-10(7-8)15-13(14-9)18-12-4-2-3-11(12)16/h5-7,11-12,16H,2-4H2,1H3,(H,14,15)/t11-,12-/m0/s1. The summed E-state index contributed by atoms with van der Waals surface area (Å²) >= 11 is 1.64. The van der Waals surface area contributed by atoms with Gasteiger partial charge >= 0.3 is 0 Å². The number of hydrogen-bond acceptors (Lipinski definition) is 4. The Morgan fingerprint density at radius 2 is 2.33 bits per heavy atom. The number of aliphatic hydroxyl groups is 1. The molecule has 0 aliphatic heterocycles. The molecule has 1 aliphatic rings. The molecular formula is C13H16N2O2S. The second-order valence-electron chi connectivity index (χ2n) is 4.58. The van der Waals surface area contributed by atoms with Crippen molar-refractivity contribution in [3.8, 4) is 5.75 Å². The Balaban J connectivity index is 1.84. The molecule has 0 amide bonds. The molecule has 1 fully saturated rings. The van der Waals surface area contributed by atoms with Gasteiger partial charge in [0, 0.05) is 11.3 Å². The van der Waals surface area contributed by atoms with E-state index in [-0.39, 0.29) is 11.4 Å². The zero-order valence-corrected chi connectivity index (χ0v) is 11.0. The Bertz CT molecular complexity index is 555. The van der Waals surface area contributed by atoms with Crippen molar-refractivity contribution in [3.63, 3.8) is 0 Å². The van der Waals surface area contributed by atoms with Crippen molar-refractivity contribution in [1.82, 2.24) is 9.97 Å². The van der Waals surface area contributed by atoms with Gasteiger partial charge in [-0.25, -0.2) is 4.98 Å². The van der Waals surface area contributed by atoms with Gasteiger partial charge in [-0.15, -0.1) is 0 Å². The number of imidazole rings is 1. The van der Waals surface area contributed by atoms with Crippen molar-refractivity contribution in [1.29, 1.82) is 0 Å². The van der Waals surface area contributed by atoms with Crippen molar-refractivity contribution in [2.75, 3.05) is 7.11 Å². The normalized spacial score (nSPS) is 23.7. The quantitative estimate of drug-likeness (QED) is 0.894. The van der Waals surface area contributed by atoms with Crippen LogP contribution in [0.25, 0.3) is 11.0 Å². The first-order valence-corrected chi connectivity index (χ1v) is 7.03. The molecule has 0 unspecified atom stereocenters. The number of aliphatic hydroxyl groups excluding tert-OH is 1. The number of hydrogen-bond donors (Lipinski definition) is 2. The number of H-pyrrole nitrogens is 1. The Morgan fingerprint density at radius 1 is 1.44 bits per heavy atom. The van der Waals surface area contributed by atoms with Crippen LogP contribution in [0.15, 0.2) is 23.4 Å². The molecule has 4 nitrogen and oxygen atoms in total. The minimum atomic E-state index is -0.197. The van der Waals surface area contributed by atoms with E-state index in [1.54, 1.807) is 18.9 Å². The van der Waals surface area contributed by atoms with Gasteiger partial charge in [0.2, 0.25) is 0 Å². The molecule has 1 heterocycles. The number of aromatic nitrogens is 2. The average molecular weight is 264 g/mol. The van der Waals surface area contributed by atoms with Gasteiger partial charge in [0.1, 0.15) is 5.75 Å². The van der Waals surface area contributed by atoms with E-state index in [2.05, 4.69) is 9.97 Å². The van der Waals surface area contributed by atoms with E-state index in [4.69, 9.17) is 4.74 Å². The Morgan fingerprint density at radius 3 is 3.06 bits per heavy atom. The van der Waals surface area contributed by atoms with Crippen LogP contribution in [0.2, 0.25) is 0 Å². The molecule has 96 valence electrons. The first-order chi connectivity index (χ1) is 8.76. The van der Waals surface area contributed by atoms with Gasteiger partial charge in [-0.1, -0.05) is 11.8 Å². The van der Waals surface area contributed by atoms with E-state index >= 15 is 0 Å². The molecule has 1 saturated carbocycles. The van der Waals surface area contributed by atoms with E-state index in [1.165, 1.54) is 0 Å². The molecule has 2 aromatic rings. The van der Waals surface area contributed by atoms with E-state index in [0.29, 0.717) is 0 Å². The van der Waals surface area contributed by atoms with Crippen molar-refractivity contribution in [2.24, 2.45) is 0 Å². The Hall–Kier alpha value is -1.20. The topological polar surface area (TPSA) is 58.1 Å². The van der Waals surface area contributed by atoms with E-state index < -0.39 is 0 Å². The van der Waals surface area contributed by atoms with Crippen LogP contribution in [0, 0.1) is 0 Å². The summed E-state index contributed by atoms with van der Waals surface area (Å²) in [5, 5.41) is 11.0. The lowest BCUT2D eigenvalue weighted by Crippen LogP contribution is -2.15. The van der Waals surface area contributed by atoms with Crippen LogP contribution in [0.5, 0.6) is 5.75 Å². The van der Waals surface area contributed by atoms with Gasteiger partial charge in [-0.3, -0.25) is 0 Å². The molecule has 0 radical (unpaired) electrons. The largest absolute Gasteiger partial charge is 0.497 e. The number of ether oxygens (including phenoxy) is 1. The molecule has 5 heteroatoms. The summed E-state index contributed by atoms with van der Waals surface area (Å²) in [7, 11) is 1.65. The third-order valence-electron chi connectivity index (χ3n) is 3.35. The molecule has 0 saturated heterocycles. The molecular weight excluding hydrogens is 248 g/mol. The van der Waals surface area contributed by atoms with Crippen LogP contribution >= 0.6 is 11.8 Å². The third-order valence-corrected chi connectivity index (χ3v) is 4.62. The van der Waals surface area contributed by atoms with Gasteiger partial charge in [-0.2, -0.15) is 0 Å². The monoisotopic (exact) mass is 264 g/mol. The van der Waals surface area contributed by atoms with Crippen LogP contribution in [-0.2, 0) is 0 Å². The molecule has 3 rings (SSSR count). The fraction of sp³-hybridized carbons (Fsp3) is 0.462. The van der Waals surface area contributed by atoms with Gasteiger partial charge in [0.05, 0.1) is 24.2 Å². The third kappa shape index (κ3) is 2.20. The molecule has 0 spiro atoms. The fourth-order valence-electron chi connectivity index (χ4n) is 2.34. The van der Waals surface area contributed by atoms with Crippen molar-refractivity contribution in [2.45, 2.75) is 35.8 Å². The predicted molar refractivity (Wildman–Crippen MR) is 72.1 cm³/mol. The highest BCUT2D eigenvalue weighted by atomic mass is 32.2. The summed E-state index contributed by atoms with van der Waals surface area (Å²) in [6.07, 6.45) is 2.88. The number of aromatic amines is 1.